The fourth-order valence-corrected chi connectivity index (χ4v) is 4.60. The van der Waals surface area contributed by atoms with Gasteiger partial charge in [-0.15, -0.1) is 11.3 Å². The topological polar surface area (TPSA) is 55.2 Å². The van der Waals surface area contributed by atoms with E-state index in [-0.39, 0.29) is 24.4 Å². The Morgan fingerprint density at radius 1 is 1.19 bits per heavy atom. The van der Waals surface area contributed by atoms with Crippen LogP contribution in [0.3, 0.4) is 0 Å². The van der Waals surface area contributed by atoms with Gasteiger partial charge in [-0.1, -0.05) is 53.6 Å². The number of benzene rings is 2. The first-order valence-electron chi connectivity index (χ1n) is 9.94. The second-order valence-corrected chi connectivity index (χ2v) is 8.86. The first-order valence-corrected chi connectivity index (χ1v) is 11.2. The van der Waals surface area contributed by atoms with E-state index in [1.165, 1.54) is 27.8 Å². The molecule has 0 fully saturated rings. The van der Waals surface area contributed by atoms with Gasteiger partial charge in [-0.3, -0.25) is 14.2 Å². The third-order valence-corrected chi connectivity index (χ3v) is 6.35. The quantitative estimate of drug-likeness (QED) is 0.408. The van der Waals surface area contributed by atoms with Crippen LogP contribution in [0.25, 0.3) is 21.3 Å². The Bertz CT molecular complexity index is 1290. The van der Waals surface area contributed by atoms with Crippen molar-refractivity contribution in [2.24, 2.45) is 0 Å². The fourth-order valence-electron chi connectivity index (χ4n) is 3.48. The number of aromatic nitrogens is 2. The number of aryl methyl sites for hydroxylation is 2. The second-order valence-electron chi connectivity index (χ2n) is 7.57. The number of nitrogens with zero attached hydrogens (tertiary/aromatic N) is 3. The van der Waals surface area contributed by atoms with E-state index in [0.29, 0.717) is 21.8 Å². The number of hydrogen-bond donors (Lipinski definition) is 0. The van der Waals surface area contributed by atoms with E-state index >= 15 is 0 Å². The number of thiophene rings is 1. The summed E-state index contributed by atoms with van der Waals surface area (Å²) < 4.78 is 1.53. The van der Waals surface area contributed by atoms with Gasteiger partial charge in [0.1, 0.15) is 4.83 Å². The number of carbonyl (C=O) groups is 1. The molecule has 0 aliphatic heterocycles. The molecule has 0 saturated carbocycles. The molecule has 1 amide bonds. The largest absolute Gasteiger partial charge is 0.341 e. The van der Waals surface area contributed by atoms with E-state index in [1.54, 1.807) is 18.0 Å². The molecule has 2 aromatic heterocycles. The van der Waals surface area contributed by atoms with Crippen LogP contribution in [0, 0.1) is 6.92 Å². The van der Waals surface area contributed by atoms with Crippen molar-refractivity contribution in [3.8, 4) is 11.1 Å². The van der Waals surface area contributed by atoms with Crippen LogP contribution in [0.4, 0.5) is 0 Å². The van der Waals surface area contributed by atoms with Gasteiger partial charge in [0.15, 0.2) is 0 Å². The molecule has 0 aliphatic carbocycles. The molecular weight excluding hydrogens is 430 g/mol. The van der Waals surface area contributed by atoms with Crippen LogP contribution in [-0.2, 0) is 17.9 Å². The Hall–Kier alpha value is -2.96. The standard InChI is InChI=1S/C24H22ClN3O2S/c1-16-6-8-18(9-7-16)20-14-31-23-22(20)24(30)28(15-26-23)11-10-21(29)27(2)13-17-4-3-5-19(25)12-17/h3-9,12,14-15H,10-11,13H2,1-2H3. The first-order chi connectivity index (χ1) is 14.9. The average Bonchev–Trinajstić information content (AvgIpc) is 3.18. The molecule has 4 rings (SSSR count). The lowest BCUT2D eigenvalue weighted by Gasteiger charge is -2.17. The van der Waals surface area contributed by atoms with E-state index in [2.05, 4.69) is 4.98 Å². The Labute approximate surface area is 189 Å². The summed E-state index contributed by atoms with van der Waals surface area (Å²) in [5.41, 5.74) is 3.89. The smallest absolute Gasteiger partial charge is 0.262 e. The summed E-state index contributed by atoms with van der Waals surface area (Å²) in [7, 11) is 1.75. The summed E-state index contributed by atoms with van der Waals surface area (Å²) in [4.78, 5) is 32.6. The highest BCUT2D eigenvalue weighted by atomic mass is 35.5. The second kappa shape index (κ2) is 9.04. The molecule has 0 radical (unpaired) electrons. The minimum Gasteiger partial charge on any atom is -0.341 e. The number of amides is 1. The molecule has 0 saturated heterocycles. The van der Waals surface area contributed by atoms with Crippen molar-refractivity contribution in [3.63, 3.8) is 0 Å². The molecule has 2 aromatic carbocycles. The van der Waals surface area contributed by atoms with Crippen molar-refractivity contribution in [2.45, 2.75) is 26.4 Å². The molecule has 0 unspecified atom stereocenters. The van der Waals surface area contributed by atoms with Crippen molar-refractivity contribution >= 4 is 39.1 Å². The van der Waals surface area contributed by atoms with E-state index in [9.17, 15) is 9.59 Å². The zero-order valence-electron chi connectivity index (χ0n) is 17.3. The third kappa shape index (κ3) is 4.70. The molecule has 5 nitrogen and oxygen atoms in total. The highest BCUT2D eigenvalue weighted by Crippen LogP contribution is 2.30. The molecule has 158 valence electrons. The number of rotatable bonds is 6. The molecule has 7 heteroatoms. The monoisotopic (exact) mass is 451 g/mol. The summed E-state index contributed by atoms with van der Waals surface area (Å²) >= 11 is 7.48. The molecule has 2 heterocycles. The van der Waals surface area contributed by atoms with Gasteiger partial charge >= 0.3 is 0 Å². The predicted octanol–water partition coefficient (Wildman–Crippen LogP) is 5.14. The van der Waals surface area contributed by atoms with Gasteiger partial charge in [0.05, 0.1) is 11.7 Å². The van der Waals surface area contributed by atoms with Crippen molar-refractivity contribution in [2.75, 3.05) is 7.05 Å². The van der Waals surface area contributed by atoms with Crippen LogP contribution >= 0.6 is 22.9 Å². The van der Waals surface area contributed by atoms with Gasteiger partial charge in [0, 0.05) is 42.5 Å². The van der Waals surface area contributed by atoms with Gasteiger partial charge in [0.25, 0.3) is 5.56 Å². The van der Waals surface area contributed by atoms with Crippen LogP contribution in [0.1, 0.15) is 17.5 Å². The van der Waals surface area contributed by atoms with E-state index in [1.807, 2.05) is 54.8 Å². The summed E-state index contributed by atoms with van der Waals surface area (Å²) in [5.74, 6) is -0.0453. The summed E-state index contributed by atoms with van der Waals surface area (Å²) in [5, 5.41) is 3.22. The maximum atomic E-state index is 13.2. The van der Waals surface area contributed by atoms with E-state index in [4.69, 9.17) is 11.6 Å². The minimum absolute atomic E-state index is 0.0453. The maximum absolute atomic E-state index is 13.2. The molecule has 0 N–H and O–H groups in total. The summed E-state index contributed by atoms with van der Waals surface area (Å²) in [6.45, 7) is 2.78. The lowest BCUT2D eigenvalue weighted by atomic mass is 10.1. The van der Waals surface area contributed by atoms with Crippen LogP contribution in [0.2, 0.25) is 5.02 Å². The van der Waals surface area contributed by atoms with Gasteiger partial charge in [-0.25, -0.2) is 4.98 Å². The maximum Gasteiger partial charge on any atom is 0.262 e. The van der Waals surface area contributed by atoms with E-state index in [0.717, 1.165) is 16.7 Å². The Morgan fingerprint density at radius 3 is 2.71 bits per heavy atom. The van der Waals surface area contributed by atoms with Gasteiger partial charge in [0.2, 0.25) is 5.91 Å². The SMILES string of the molecule is Cc1ccc(-c2csc3ncn(CCC(=O)N(C)Cc4cccc(Cl)c4)c(=O)c23)cc1. The number of fused-ring (bicyclic) bond motifs is 1. The number of halogens is 1. The average molecular weight is 452 g/mol. The molecular formula is C24H22ClN3O2S. The Morgan fingerprint density at radius 2 is 1.97 bits per heavy atom. The van der Waals surface area contributed by atoms with Crippen molar-refractivity contribution in [1.29, 1.82) is 0 Å². The molecule has 0 aliphatic rings. The molecule has 31 heavy (non-hydrogen) atoms. The molecule has 0 atom stereocenters. The predicted molar refractivity (Wildman–Crippen MR) is 127 cm³/mol. The third-order valence-electron chi connectivity index (χ3n) is 5.22. The zero-order valence-corrected chi connectivity index (χ0v) is 18.9. The Balaban J connectivity index is 1.51. The molecule has 0 bridgehead atoms. The van der Waals surface area contributed by atoms with Gasteiger partial charge < -0.3 is 4.90 Å². The highest BCUT2D eigenvalue weighted by molar-refractivity contribution is 7.17. The van der Waals surface area contributed by atoms with Crippen molar-refractivity contribution in [3.05, 3.63) is 86.7 Å². The fraction of sp³-hybridized carbons (Fsp3) is 0.208. The summed E-state index contributed by atoms with van der Waals surface area (Å²) in [6, 6.07) is 15.5. The minimum atomic E-state index is -0.118. The van der Waals surface area contributed by atoms with Gasteiger partial charge in [-0.05, 0) is 30.2 Å². The Kier molecular flexibility index (Phi) is 6.20. The zero-order chi connectivity index (χ0) is 22.0. The van der Waals surface area contributed by atoms with Crippen LogP contribution < -0.4 is 5.56 Å². The normalized spacial score (nSPS) is 11.1. The summed E-state index contributed by atoms with van der Waals surface area (Å²) in [6.07, 6.45) is 1.75. The number of carbonyl (C=O) groups excluding carboxylic acids is 1. The lowest BCUT2D eigenvalue weighted by Crippen LogP contribution is -2.29. The molecule has 0 spiro atoms. The van der Waals surface area contributed by atoms with Gasteiger partial charge in [-0.2, -0.15) is 0 Å². The van der Waals surface area contributed by atoms with Crippen LogP contribution in [0.5, 0.6) is 0 Å². The highest BCUT2D eigenvalue weighted by Gasteiger charge is 2.15. The lowest BCUT2D eigenvalue weighted by molar-refractivity contribution is -0.130. The van der Waals surface area contributed by atoms with E-state index < -0.39 is 0 Å². The first kappa shape index (κ1) is 21.3. The number of hydrogen-bond acceptors (Lipinski definition) is 4. The van der Waals surface area contributed by atoms with Crippen molar-refractivity contribution < 1.29 is 4.79 Å². The van der Waals surface area contributed by atoms with Crippen molar-refractivity contribution in [1.82, 2.24) is 14.5 Å². The molecule has 4 aromatic rings. The van der Waals surface area contributed by atoms with Crippen LogP contribution in [0.15, 0.2) is 65.0 Å². The van der Waals surface area contributed by atoms with Crippen LogP contribution in [-0.4, -0.2) is 27.4 Å².